The number of para-hydroxylation sites is 2. The number of rotatable bonds is 6. The maximum atomic E-state index is 13.1. The van der Waals surface area contributed by atoms with Gasteiger partial charge in [-0.1, -0.05) is 36.4 Å². The Morgan fingerprint density at radius 2 is 1.72 bits per heavy atom. The molecule has 0 atom stereocenters. The zero-order valence-electron chi connectivity index (χ0n) is 18.2. The fourth-order valence-corrected chi connectivity index (χ4v) is 4.35. The van der Waals surface area contributed by atoms with Crippen molar-refractivity contribution in [2.24, 2.45) is 0 Å². The molecule has 0 fully saturated rings. The molecule has 0 unspecified atom stereocenters. The summed E-state index contributed by atoms with van der Waals surface area (Å²) in [6.45, 7) is 4.28. The highest BCUT2D eigenvalue weighted by molar-refractivity contribution is 7.12. The largest absolute Gasteiger partial charge is 0.348 e. The van der Waals surface area contributed by atoms with Crippen LogP contribution in [-0.4, -0.2) is 28.6 Å². The van der Waals surface area contributed by atoms with Crippen LogP contribution < -0.4 is 10.2 Å². The van der Waals surface area contributed by atoms with Crippen molar-refractivity contribution in [1.82, 2.24) is 15.1 Å². The van der Waals surface area contributed by atoms with Gasteiger partial charge in [0.25, 0.3) is 11.8 Å². The summed E-state index contributed by atoms with van der Waals surface area (Å²) in [5, 5.41) is 9.51. The van der Waals surface area contributed by atoms with Gasteiger partial charge in [0.2, 0.25) is 0 Å². The first-order valence-corrected chi connectivity index (χ1v) is 11.1. The number of amides is 2. The summed E-state index contributed by atoms with van der Waals surface area (Å²) in [4.78, 5) is 28.0. The number of aromatic nitrogens is 2. The zero-order chi connectivity index (χ0) is 22.7. The lowest BCUT2D eigenvalue weighted by Gasteiger charge is -2.20. The Morgan fingerprint density at radius 1 is 1.00 bits per heavy atom. The maximum Gasteiger partial charge on any atom is 0.268 e. The van der Waals surface area contributed by atoms with E-state index in [2.05, 4.69) is 10.4 Å². The highest BCUT2D eigenvalue weighted by Crippen LogP contribution is 2.23. The van der Waals surface area contributed by atoms with E-state index in [1.54, 1.807) is 31.3 Å². The summed E-state index contributed by atoms with van der Waals surface area (Å²) in [6, 6.07) is 20.7. The molecule has 2 aromatic carbocycles. The van der Waals surface area contributed by atoms with Crippen LogP contribution in [0.25, 0.3) is 5.69 Å². The second kappa shape index (κ2) is 9.20. The van der Waals surface area contributed by atoms with Crippen molar-refractivity contribution in [2.45, 2.75) is 20.4 Å². The van der Waals surface area contributed by atoms with E-state index in [1.807, 2.05) is 66.4 Å². The van der Waals surface area contributed by atoms with Crippen LogP contribution >= 0.6 is 11.3 Å². The predicted molar refractivity (Wildman–Crippen MR) is 128 cm³/mol. The first-order valence-electron chi connectivity index (χ1n) is 10.3. The van der Waals surface area contributed by atoms with Crippen molar-refractivity contribution in [3.8, 4) is 5.69 Å². The van der Waals surface area contributed by atoms with Crippen LogP contribution in [0.4, 0.5) is 5.69 Å². The van der Waals surface area contributed by atoms with Gasteiger partial charge in [-0.2, -0.15) is 5.10 Å². The van der Waals surface area contributed by atoms with E-state index in [0.29, 0.717) is 22.7 Å². The fraction of sp³-hybridized carbons (Fsp3) is 0.160. The number of thiophene rings is 1. The van der Waals surface area contributed by atoms with Crippen LogP contribution in [-0.2, 0) is 6.54 Å². The molecule has 7 heteroatoms. The van der Waals surface area contributed by atoms with Crippen LogP contribution in [0.15, 0.2) is 72.1 Å². The van der Waals surface area contributed by atoms with Crippen molar-refractivity contribution >= 4 is 28.8 Å². The van der Waals surface area contributed by atoms with Gasteiger partial charge in [-0.15, -0.1) is 11.3 Å². The van der Waals surface area contributed by atoms with Gasteiger partial charge in [0.05, 0.1) is 27.5 Å². The Hall–Kier alpha value is -3.71. The molecule has 0 aliphatic carbocycles. The third-order valence-electron chi connectivity index (χ3n) is 5.41. The Kier molecular flexibility index (Phi) is 6.18. The second-order valence-electron chi connectivity index (χ2n) is 7.44. The number of benzene rings is 2. The monoisotopic (exact) mass is 444 g/mol. The maximum absolute atomic E-state index is 13.1. The SMILES string of the molecule is Cc1nn(-c2ccccc2)c(C)c1CNC(=O)c1ccccc1N(C)C(=O)c1cccs1. The Balaban J connectivity index is 1.54. The number of hydrogen-bond donors (Lipinski definition) is 1. The molecule has 0 saturated carbocycles. The van der Waals surface area contributed by atoms with Crippen molar-refractivity contribution in [3.63, 3.8) is 0 Å². The van der Waals surface area contributed by atoms with Gasteiger partial charge in [0, 0.05) is 24.8 Å². The number of carbonyl (C=O) groups excluding carboxylic acids is 2. The molecule has 0 bridgehead atoms. The molecule has 0 saturated heterocycles. The molecule has 2 heterocycles. The second-order valence-corrected chi connectivity index (χ2v) is 8.39. The van der Waals surface area contributed by atoms with E-state index in [9.17, 15) is 9.59 Å². The molecule has 2 aromatic heterocycles. The van der Waals surface area contributed by atoms with Gasteiger partial charge in [0.1, 0.15) is 0 Å². The Labute approximate surface area is 191 Å². The molecule has 4 rings (SSSR count). The van der Waals surface area contributed by atoms with Crippen LogP contribution in [0.1, 0.15) is 37.0 Å². The molecule has 4 aromatic rings. The molecule has 2 amide bonds. The normalized spacial score (nSPS) is 10.7. The Bertz CT molecular complexity index is 1250. The standard InChI is InChI=1S/C25H24N4O2S/c1-17-21(18(2)29(27-17)19-10-5-4-6-11-19)16-26-24(30)20-12-7-8-13-22(20)28(3)25(31)23-14-9-15-32-23/h4-15H,16H2,1-3H3,(H,26,30). The van der Waals surface area contributed by atoms with Gasteiger partial charge in [-0.3, -0.25) is 9.59 Å². The molecule has 0 radical (unpaired) electrons. The molecule has 1 N–H and O–H groups in total. The molecule has 0 aliphatic heterocycles. The average molecular weight is 445 g/mol. The van der Waals surface area contributed by atoms with Crippen LogP contribution in [0.5, 0.6) is 0 Å². The molecule has 0 spiro atoms. The Morgan fingerprint density at radius 3 is 2.44 bits per heavy atom. The van der Waals surface area contributed by atoms with Gasteiger partial charge in [-0.25, -0.2) is 4.68 Å². The molecule has 162 valence electrons. The minimum absolute atomic E-state index is 0.143. The van der Waals surface area contributed by atoms with Gasteiger partial charge in [-0.05, 0) is 49.6 Å². The van der Waals surface area contributed by atoms with E-state index in [1.165, 1.54) is 16.2 Å². The minimum atomic E-state index is -0.238. The van der Waals surface area contributed by atoms with Gasteiger partial charge in [0.15, 0.2) is 0 Å². The lowest BCUT2D eigenvalue weighted by atomic mass is 10.1. The van der Waals surface area contributed by atoms with Crippen molar-refractivity contribution in [1.29, 1.82) is 0 Å². The quantitative estimate of drug-likeness (QED) is 0.466. The number of hydrogen-bond acceptors (Lipinski definition) is 4. The number of nitrogens with one attached hydrogen (secondary N) is 1. The van der Waals surface area contributed by atoms with Crippen LogP contribution in [0.3, 0.4) is 0 Å². The third-order valence-corrected chi connectivity index (χ3v) is 6.27. The highest BCUT2D eigenvalue weighted by atomic mass is 32.1. The predicted octanol–water partition coefficient (Wildman–Crippen LogP) is 4.76. The van der Waals surface area contributed by atoms with Gasteiger partial charge < -0.3 is 10.2 Å². The summed E-state index contributed by atoms with van der Waals surface area (Å²) in [5.41, 5.74) is 4.81. The zero-order valence-corrected chi connectivity index (χ0v) is 19.0. The minimum Gasteiger partial charge on any atom is -0.348 e. The van der Waals surface area contributed by atoms with E-state index < -0.39 is 0 Å². The summed E-state index contributed by atoms with van der Waals surface area (Å²) in [5.74, 6) is -0.381. The number of carbonyl (C=O) groups is 2. The van der Waals surface area contributed by atoms with Gasteiger partial charge >= 0.3 is 0 Å². The van der Waals surface area contributed by atoms with E-state index in [-0.39, 0.29) is 11.8 Å². The lowest BCUT2D eigenvalue weighted by Crippen LogP contribution is -2.30. The molecule has 0 aliphatic rings. The van der Waals surface area contributed by atoms with Crippen molar-refractivity contribution in [3.05, 3.63) is 99.5 Å². The average Bonchev–Trinajstić information content (AvgIpc) is 3.45. The molecule has 6 nitrogen and oxygen atoms in total. The van der Waals surface area contributed by atoms with Crippen molar-refractivity contribution < 1.29 is 9.59 Å². The van der Waals surface area contributed by atoms with E-state index >= 15 is 0 Å². The summed E-state index contributed by atoms with van der Waals surface area (Å²) < 4.78 is 1.89. The number of aryl methyl sites for hydroxylation is 1. The van der Waals surface area contributed by atoms with Crippen LogP contribution in [0.2, 0.25) is 0 Å². The van der Waals surface area contributed by atoms with E-state index in [4.69, 9.17) is 0 Å². The first kappa shape index (κ1) is 21.5. The van der Waals surface area contributed by atoms with Crippen LogP contribution in [0, 0.1) is 13.8 Å². The lowest BCUT2D eigenvalue weighted by molar-refractivity contribution is 0.0951. The molecular weight excluding hydrogens is 420 g/mol. The topological polar surface area (TPSA) is 67.2 Å². The highest BCUT2D eigenvalue weighted by Gasteiger charge is 2.21. The summed E-state index contributed by atoms with van der Waals surface area (Å²) >= 11 is 1.38. The summed E-state index contributed by atoms with van der Waals surface area (Å²) in [6.07, 6.45) is 0. The third kappa shape index (κ3) is 4.20. The molecule has 32 heavy (non-hydrogen) atoms. The van der Waals surface area contributed by atoms with E-state index in [0.717, 1.165) is 22.6 Å². The molecular formula is C25H24N4O2S. The number of nitrogens with zero attached hydrogens (tertiary/aromatic N) is 3. The number of anilines is 1. The summed E-state index contributed by atoms with van der Waals surface area (Å²) in [7, 11) is 1.69. The fourth-order valence-electron chi connectivity index (χ4n) is 3.65. The van der Waals surface area contributed by atoms with Crippen molar-refractivity contribution in [2.75, 3.05) is 11.9 Å². The first-order chi connectivity index (χ1) is 15.5. The smallest absolute Gasteiger partial charge is 0.268 e.